The minimum Gasteiger partial charge on any atom is -0.352 e. The Morgan fingerprint density at radius 2 is 1.52 bits per heavy atom. The quantitative estimate of drug-likeness (QED) is 0.579. The molecular weight excluding hydrogens is 310 g/mol. The van der Waals surface area contributed by atoms with E-state index in [1.807, 2.05) is 86.7 Å². The molecule has 0 saturated heterocycles. The van der Waals surface area contributed by atoms with E-state index in [-0.39, 0.29) is 0 Å². The van der Waals surface area contributed by atoms with Gasteiger partial charge in [-0.05, 0) is 24.3 Å². The molecule has 1 aromatic heterocycles. The third-order valence-corrected chi connectivity index (χ3v) is 3.83. The van der Waals surface area contributed by atoms with Crippen molar-refractivity contribution in [2.24, 2.45) is 4.99 Å². The van der Waals surface area contributed by atoms with Crippen LogP contribution >= 0.6 is 0 Å². The van der Waals surface area contributed by atoms with Crippen LogP contribution in [0.4, 0.5) is 17.1 Å². The maximum Gasteiger partial charge on any atom is 0.200 e. The van der Waals surface area contributed by atoms with E-state index in [0.29, 0.717) is 0 Å². The van der Waals surface area contributed by atoms with Gasteiger partial charge in [-0.25, -0.2) is 4.99 Å². The second kappa shape index (κ2) is 7.21. The van der Waals surface area contributed by atoms with E-state index < -0.39 is 0 Å². The molecule has 25 heavy (non-hydrogen) atoms. The summed E-state index contributed by atoms with van der Waals surface area (Å²) in [5.41, 5.74) is 3.75. The highest BCUT2D eigenvalue weighted by molar-refractivity contribution is 5.93. The average molecular weight is 333 g/mol. The van der Waals surface area contributed by atoms with Crippen LogP contribution in [-0.2, 0) is 0 Å². The zero-order valence-electron chi connectivity index (χ0n) is 15.1. The van der Waals surface area contributed by atoms with Crippen molar-refractivity contribution < 1.29 is 0 Å². The lowest BCUT2D eigenvalue weighted by Gasteiger charge is -2.23. The highest BCUT2D eigenvalue weighted by Gasteiger charge is 2.09. The van der Waals surface area contributed by atoms with Crippen molar-refractivity contribution >= 4 is 33.9 Å². The molecule has 0 saturated carbocycles. The number of aromatic nitrogens is 1. The van der Waals surface area contributed by atoms with Gasteiger partial charge in [-0.1, -0.05) is 30.3 Å². The summed E-state index contributed by atoms with van der Waals surface area (Å²) < 4.78 is 0. The van der Waals surface area contributed by atoms with E-state index in [9.17, 15) is 0 Å². The molecule has 0 amide bonds. The summed E-state index contributed by atoms with van der Waals surface area (Å²) >= 11 is 0. The molecule has 0 aliphatic rings. The standard InChI is InChI=1S/C20H23N5/c1-24(2)20(25(3)4)23-17-12-6-5-11-16(17)22-18-13-7-9-15-10-8-14-21-19(15)18/h5-14,22H,1-4H3. The Morgan fingerprint density at radius 1 is 0.840 bits per heavy atom. The third-order valence-electron chi connectivity index (χ3n) is 3.83. The fourth-order valence-electron chi connectivity index (χ4n) is 2.73. The Labute approximate surface area is 148 Å². The molecule has 0 fully saturated rings. The Balaban J connectivity index is 2.03. The third kappa shape index (κ3) is 3.71. The topological polar surface area (TPSA) is 43.8 Å². The van der Waals surface area contributed by atoms with Crippen LogP contribution in [0.3, 0.4) is 0 Å². The highest BCUT2D eigenvalue weighted by atomic mass is 15.3. The normalized spacial score (nSPS) is 10.4. The number of hydrogen-bond acceptors (Lipinski definition) is 3. The lowest BCUT2D eigenvalue weighted by molar-refractivity contribution is 0.484. The summed E-state index contributed by atoms with van der Waals surface area (Å²) in [5.74, 6) is 0.880. The van der Waals surface area contributed by atoms with Gasteiger partial charge in [-0.3, -0.25) is 4.98 Å². The van der Waals surface area contributed by atoms with Crippen LogP contribution in [0, 0.1) is 0 Å². The zero-order chi connectivity index (χ0) is 17.8. The summed E-state index contributed by atoms with van der Waals surface area (Å²) in [7, 11) is 7.96. The van der Waals surface area contributed by atoms with Crippen LogP contribution in [0.25, 0.3) is 10.9 Å². The van der Waals surface area contributed by atoms with Crippen molar-refractivity contribution in [1.82, 2.24) is 14.8 Å². The number of rotatable bonds is 3. The van der Waals surface area contributed by atoms with E-state index in [1.54, 1.807) is 0 Å². The summed E-state index contributed by atoms with van der Waals surface area (Å²) in [5, 5.41) is 4.60. The number of benzene rings is 2. The molecule has 5 nitrogen and oxygen atoms in total. The fraction of sp³-hybridized carbons (Fsp3) is 0.200. The molecule has 5 heteroatoms. The van der Waals surface area contributed by atoms with Crippen molar-refractivity contribution in [3.63, 3.8) is 0 Å². The zero-order valence-corrected chi connectivity index (χ0v) is 15.1. The molecule has 0 aliphatic heterocycles. The molecule has 128 valence electrons. The average Bonchev–Trinajstić information content (AvgIpc) is 2.60. The van der Waals surface area contributed by atoms with Gasteiger partial charge in [-0.15, -0.1) is 0 Å². The first-order chi connectivity index (χ1) is 12.1. The predicted octanol–water partition coefficient (Wildman–Crippen LogP) is 4.09. The lowest BCUT2D eigenvalue weighted by Crippen LogP contribution is -2.35. The number of nitrogens with zero attached hydrogens (tertiary/aromatic N) is 4. The number of nitrogens with one attached hydrogen (secondary N) is 1. The molecule has 0 spiro atoms. The molecule has 0 radical (unpaired) electrons. The molecule has 3 rings (SSSR count). The number of fused-ring (bicyclic) bond motifs is 1. The minimum atomic E-state index is 0.880. The van der Waals surface area contributed by atoms with Crippen molar-refractivity contribution in [3.05, 3.63) is 60.8 Å². The minimum absolute atomic E-state index is 0.880. The Morgan fingerprint density at radius 3 is 2.28 bits per heavy atom. The van der Waals surface area contributed by atoms with E-state index in [0.717, 1.165) is 33.9 Å². The maximum atomic E-state index is 4.82. The maximum absolute atomic E-state index is 4.82. The van der Waals surface area contributed by atoms with Gasteiger partial charge in [0, 0.05) is 39.8 Å². The highest BCUT2D eigenvalue weighted by Crippen LogP contribution is 2.31. The van der Waals surface area contributed by atoms with Crippen molar-refractivity contribution in [3.8, 4) is 0 Å². The SMILES string of the molecule is CN(C)C(=Nc1ccccc1Nc1cccc2cccnc12)N(C)C. The fourth-order valence-corrected chi connectivity index (χ4v) is 2.73. The van der Waals surface area contributed by atoms with Gasteiger partial charge in [0.05, 0.1) is 22.6 Å². The van der Waals surface area contributed by atoms with Gasteiger partial charge in [0.25, 0.3) is 0 Å². The summed E-state index contributed by atoms with van der Waals surface area (Å²) in [6.45, 7) is 0. The Hall–Kier alpha value is -3.08. The van der Waals surface area contributed by atoms with Gasteiger partial charge in [0.1, 0.15) is 0 Å². The second-order valence-electron chi connectivity index (χ2n) is 6.22. The van der Waals surface area contributed by atoms with E-state index in [2.05, 4.69) is 22.4 Å². The number of anilines is 2. The summed E-state index contributed by atoms with van der Waals surface area (Å²) in [6.07, 6.45) is 1.81. The smallest absolute Gasteiger partial charge is 0.200 e. The van der Waals surface area contributed by atoms with Crippen LogP contribution in [0.15, 0.2) is 65.8 Å². The van der Waals surface area contributed by atoms with Crippen molar-refractivity contribution in [2.45, 2.75) is 0 Å². The van der Waals surface area contributed by atoms with Crippen LogP contribution < -0.4 is 5.32 Å². The van der Waals surface area contributed by atoms with Gasteiger partial charge in [0.2, 0.25) is 5.96 Å². The van der Waals surface area contributed by atoms with Crippen molar-refractivity contribution in [2.75, 3.05) is 33.5 Å². The van der Waals surface area contributed by atoms with Crippen LogP contribution in [-0.4, -0.2) is 48.9 Å². The molecule has 0 aliphatic carbocycles. The number of aliphatic imine (C=N–C) groups is 1. The lowest BCUT2D eigenvalue weighted by atomic mass is 10.2. The molecule has 1 heterocycles. The van der Waals surface area contributed by atoms with Gasteiger partial charge >= 0.3 is 0 Å². The molecule has 1 N–H and O–H groups in total. The largest absolute Gasteiger partial charge is 0.352 e. The van der Waals surface area contributed by atoms with Crippen molar-refractivity contribution in [1.29, 1.82) is 0 Å². The van der Waals surface area contributed by atoms with Gasteiger partial charge in [0.15, 0.2) is 0 Å². The number of guanidine groups is 1. The van der Waals surface area contributed by atoms with E-state index >= 15 is 0 Å². The Bertz CT molecular complexity index is 884. The number of para-hydroxylation sites is 3. The first-order valence-corrected chi connectivity index (χ1v) is 8.19. The molecule has 0 bridgehead atoms. The van der Waals surface area contributed by atoms with Crippen LogP contribution in [0.5, 0.6) is 0 Å². The first kappa shape index (κ1) is 16.8. The first-order valence-electron chi connectivity index (χ1n) is 8.19. The van der Waals surface area contributed by atoms with E-state index in [4.69, 9.17) is 4.99 Å². The van der Waals surface area contributed by atoms with Crippen LogP contribution in [0.2, 0.25) is 0 Å². The molecule has 0 atom stereocenters. The number of pyridine rings is 1. The molecule has 0 unspecified atom stereocenters. The Kier molecular flexibility index (Phi) is 4.84. The monoisotopic (exact) mass is 333 g/mol. The van der Waals surface area contributed by atoms with Gasteiger partial charge < -0.3 is 15.1 Å². The van der Waals surface area contributed by atoms with Gasteiger partial charge in [-0.2, -0.15) is 0 Å². The number of hydrogen-bond donors (Lipinski definition) is 1. The predicted molar refractivity (Wildman–Crippen MR) is 106 cm³/mol. The summed E-state index contributed by atoms with van der Waals surface area (Å²) in [6, 6.07) is 18.2. The molecule has 2 aromatic carbocycles. The second-order valence-corrected chi connectivity index (χ2v) is 6.22. The molecular formula is C20H23N5. The molecule has 3 aromatic rings. The summed E-state index contributed by atoms with van der Waals surface area (Å²) in [4.78, 5) is 13.3. The van der Waals surface area contributed by atoms with Crippen LogP contribution in [0.1, 0.15) is 0 Å². The van der Waals surface area contributed by atoms with E-state index in [1.165, 1.54) is 0 Å².